The molecule has 0 radical (unpaired) electrons. The Morgan fingerprint density at radius 1 is 0.947 bits per heavy atom. The average Bonchev–Trinajstić information content (AvgIpc) is 3.45. The van der Waals surface area contributed by atoms with Crippen molar-refractivity contribution in [3.05, 3.63) is 58.1 Å². The van der Waals surface area contributed by atoms with Gasteiger partial charge in [-0.2, -0.15) is 4.31 Å². The van der Waals surface area contributed by atoms with Crippen LogP contribution in [0.3, 0.4) is 0 Å². The van der Waals surface area contributed by atoms with Crippen LogP contribution < -0.4 is 10.1 Å². The van der Waals surface area contributed by atoms with E-state index in [1.54, 1.807) is 24.3 Å². The lowest BCUT2D eigenvalue weighted by Crippen LogP contribution is -2.46. The van der Waals surface area contributed by atoms with Gasteiger partial charge in [0.25, 0.3) is 0 Å². The molecule has 0 unspecified atom stereocenters. The Morgan fingerprint density at radius 2 is 1.63 bits per heavy atom. The first-order valence-electron chi connectivity index (χ1n) is 12.5. The molecule has 2 aromatic rings. The van der Waals surface area contributed by atoms with E-state index in [0.717, 1.165) is 12.8 Å². The molecule has 2 fully saturated rings. The minimum atomic E-state index is -3.66. The first-order chi connectivity index (χ1) is 18.1. The molecule has 4 rings (SSSR count). The lowest BCUT2D eigenvalue weighted by atomic mass is 9.99. The van der Waals surface area contributed by atoms with Gasteiger partial charge >= 0.3 is 0 Å². The number of ether oxygens (including phenoxy) is 1. The molecule has 1 atom stereocenters. The number of hydrogen-bond donors (Lipinski definition) is 1. The van der Waals surface area contributed by atoms with E-state index in [-0.39, 0.29) is 41.3 Å². The second-order valence-corrected chi connectivity index (χ2v) is 14.2. The Balaban J connectivity index is 1.24. The molecule has 0 saturated carbocycles. The van der Waals surface area contributed by atoms with E-state index in [1.807, 2.05) is 0 Å². The van der Waals surface area contributed by atoms with Gasteiger partial charge in [-0.1, -0.05) is 29.3 Å². The van der Waals surface area contributed by atoms with Crippen LogP contribution in [0.2, 0.25) is 10.0 Å². The zero-order valence-electron chi connectivity index (χ0n) is 20.8. The number of carbonyl (C=O) groups excluding carboxylic acids is 1. The van der Waals surface area contributed by atoms with E-state index in [0.29, 0.717) is 48.8 Å². The summed E-state index contributed by atoms with van der Waals surface area (Å²) in [4.78, 5) is 12.9. The van der Waals surface area contributed by atoms with Gasteiger partial charge in [-0.3, -0.25) is 4.79 Å². The van der Waals surface area contributed by atoms with Gasteiger partial charge in [0.05, 0.1) is 23.1 Å². The van der Waals surface area contributed by atoms with Crippen molar-refractivity contribution in [3.63, 3.8) is 0 Å². The summed E-state index contributed by atoms with van der Waals surface area (Å²) in [6, 6.07) is 10.9. The SMILES string of the molecule is O=C(NCCOc1ccc(S(=O)(=O)N2CCCC2)cc1)[C@H]1CCCN(S(=O)(=O)Cc2ccc(Cl)cc2Cl)C1. The topological polar surface area (TPSA) is 113 Å². The van der Waals surface area contributed by atoms with Crippen LogP contribution in [0, 0.1) is 5.92 Å². The fourth-order valence-electron chi connectivity index (χ4n) is 4.61. The van der Waals surface area contributed by atoms with Gasteiger partial charge in [-0.05, 0) is 67.6 Å². The molecule has 2 aliphatic heterocycles. The molecule has 0 spiro atoms. The summed E-state index contributed by atoms with van der Waals surface area (Å²) in [5.41, 5.74) is 0.460. The zero-order chi connectivity index (χ0) is 27.3. The predicted molar refractivity (Wildman–Crippen MR) is 146 cm³/mol. The van der Waals surface area contributed by atoms with Gasteiger partial charge in [-0.15, -0.1) is 0 Å². The van der Waals surface area contributed by atoms with Crippen molar-refractivity contribution < 1.29 is 26.4 Å². The molecule has 1 amide bonds. The first kappa shape index (κ1) is 29.1. The van der Waals surface area contributed by atoms with Crippen LogP contribution in [0.1, 0.15) is 31.2 Å². The Morgan fingerprint density at radius 3 is 2.32 bits per heavy atom. The fourth-order valence-corrected chi connectivity index (χ4v) is 8.32. The first-order valence-corrected chi connectivity index (χ1v) is 16.3. The van der Waals surface area contributed by atoms with Gasteiger partial charge in [0.15, 0.2) is 0 Å². The molecule has 13 heteroatoms. The largest absolute Gasteiger partial charge is 0.492 e. The van der Waals surface area contributed by atoms with E-state index in [2.05, 4.69) is 5.32 Å². The Kier molecular flexibility index (Phi) is 9.59. The van der Waals surface area contributed by atoms with Crippen molar-refractivity contribution in [2.75, 3.05) is 39.3 Å². The second-order valence-electron chi connectivity index (χ2n) is 9.41. The number of nitrogens with zero attached hydrogens (tertiary/aromatic N) is 2. The molecule has 208 valence electrons. The summed E-state index contributed by atoms with van der Waals surface area (Å²) < 4.78 is 59.7. The highest BCUT2D eigenvalue weighted by atomic mass is 35.5. The van der Waals surface area contributed by atoms with E-state index in [9.17, 15) is 21.6 Å². The third kappa shape index (κ3) is 7.19. The Labute approximate surface area is 234 Å². The molecule has 9 nitrogen and oxygen atoms in total. The summed E-state index contributed by atoms with van der Waals surface area (Å²) >= 11 is 12.1. The van der Waals surface area contributed by atoms with Crippen LogP contribution in [0.25, 0.3) is 0 Å². The Bertz CT molecular complexity index is 1350. The number of benzene rings is 2. The molecule has 0 bridgehead atoms. The van der Waals surface area contributed by atoms with Crippen LogP contribution in [0.4, 0.5) is 0 Å². The second kappa shape index (κ2) is 12.5. The third-order valence-corrected chi connectivity index (χ3v) is 11.0. The summed E-state index contributed by atoms with van der Waals surface area (Å²) in [7, 11) is -7.14. The van der Waals surface area contributed by atoms with E-state index >= 15 is 0 Å². The normalized spacial score (nSPS) is 19.4. The molecule has 2 saturated heterocycles. The van der Waals surface area contributed by atoms with E-state index in [4.69, 9.17) is 27.9 Å². The maximum absolute atomic E-state index is 13.0. The van der Waals surface area contributed by atoms with Gasteiger partial charge < -0.3 is 10.1 Å². The van der Waals surface area contributed by atoms with Crippen LogP contribution in [-0.2, 0) is 30.6 Å². The lowest BCUT2D eigenvalue weighted by molar-refractivity contribution is -0.126. The highest BCUT2D eigenvalue weighted by Crippen LogP contribution is 2.27. The number of rotatable bonds is 10. The standard InChI is InChI=1S/C25H31Cl2N3O6S2/c26-21-6-5-20(24(27)16-21)18-37(32,33)30-14-3-4-19(17-30)25(31)28-11-15-36-22-7-9-23(10-8-22)38(34,35)29-12-1-2-13-29/h5-10,16,19H,1-4,11-15,17-18H2,(H,28,31)/t19-/m0/s1. The van der Waals surface area contributed by atoms with Crippen LogP contribution in [0.5, 0.6) is 5.75 Å². The molecule has 1 N–H and O–H groups in total. The van der Waals surface area contributed by atoms with Crippen LogP contribution in [0.15, 0.2) is 47.4 Å². The number of amides is 1. The van der Waals surface area contributed by atoms with Crippen molar-refractivity contribution >= 4 is 49.2 Å². The van der Waals surface area contributed by atoms with Crippen LogP contribution in [-0.4, -0.2) is 70.7 Å². The van der Waals surface area contributed by atoms with E-state index < -0.39 is 26.0 Å². The zero-order valence-corrected chi connectivity index (χ0v) is 24.0. The number of halogens is 2. The average molecular weight is 605 g/mol. The molecule has 0 aliphatic carbocycles. The number of hydrogen-bond acceptors (Lipinski definition) is 6. The quantitative estimate of drug-likeness (QED) is 0.416. The highest BCUT2D eigenvalue weighted by molar-refractivity contribution is 7.89. The summed E-state index contributed by atoms with van der Waals surface area (Å²) in [6.45, 7) is 1.96. The third-order valence-electron chi connectivity index (χ3n) is 6.70. The molecule has 2 aromatic carbocycles. The fraction of sp³-hybridized carbons (Fsp3) is 0.480. The maximum atomic E-state index is 13.0. The lowest BCUT2D eigenvalue weighted by Gasteiger charge is -2.31. The molecular weight excluding hydrogens is 573 g/mol. The number of carbonyl (C=O) groups is 1. The van der Waals surface area contributed by atoms with E-state index in [1.165, 1.54) is 26.8 Å². The minimum absolute atomic E-state index is 0.104. The van der Waals surface area contributed by atoms with Gasteiger partial charge in [0.1, 0.15) is 12.4 Å². The van der Waals surface area contributed by atoms with Crippen LogP contribution >= 0.6 is 23.2 Å². The van der Waals surface area contributed by atoms with Gasteiger partial charge in [-0.25, -0.2) is 21.1 Å². The van der Waals surface area contributed by atoms with Crippen molar-refractivity contribution in [2.24, 2.45) is 5.92 Å². The Hall–Kier alpha value is -1.89. The molecule has 2 aliphatic rings. The maximum Gasteiger partial charge on any atom is 0.243 e. The number of piperidine rings is 1. The smallest absolute Gasteiger partial charge is 0.243 e. The van der Waals surface area contributed by atoms with Gasteiger partial charge in [0.2, 0.25) is 26.0 Å². The van der Waals surface area contributed by atoms with Crippen molar-refractivity contribution in [3.8, 4) is 5.75 Å². The predicted octanol–water partition coefficient (Wildman–Crippen LogP) is 3.51. The molecule has 0 aromatic heterocycles. The van der Waals surface area contributed by atoms with Crippen molar-refractivity contribution in [1.29, 1.82) is 0 Å². The van der Waals surface area contributed by atoms with Crippen molar-refractivity contribution in [2.45, 2.75) is 36.3 Å². The van der Waals surface area contributed by atoms with Gasteiger partial charge in [0, 0.05) is 36.2 Å². The number of sulfonamides is 2. The van der Waals surface area contributed by atoms with Crippen molar-refractivity contribution in [1.82, 2.24) is 13.9 Å². The highest BCUT2D eigenvalue weighted by Gasteiger charge is 2.33. The molecule has 2 heterocycles. The summed E-state index contributed by atoms with van der Waals surface area (Å²) in [5.74, 6) is -0.460. The minimum Gasteiger partial charge on any atom is -0.492 e. The molecular formula is C25H31Cl2N3O6S2. The number of nitrogens with one attached hydrogen (secondary N) is 1. The monoisotopic (exact) mass is 603 g/mol. The summed E-state index contributed by atoms with van der Waals surface area (Å²) in [6.07, 6.45) is 2.92. The molecule has 38 heavy (non-hydrogen) atoms. The summed E-state index contributed by atoms with van der Waals surface area (Å²) in [5, 5.41) is 3.52.